The standard InChI is InChI=1S/C44H63NO13/c1-23(2)35(46)55-33-16-17-38(6)29-13-14-30-40(50)19-34(56-36(47)24(3)4)43(52)31(21-45-20-25(5)10-15-32(45)39(43,7)49)41(40,51)22-42(30,38)58-44(29,33)57-37(48)26-11-12-27(53-8)28(18-26)54-9/h11-12,18,23-25,29-34,49-52H,10,13-17,19-22H2,1-9H3/t25-,29?,30-,31-,32-,33?,34?,38-,39+,40+,41+,42?,43-,44?/m0/s1. The van der Waals surface area contributed by atoms with Crippen LogP contribution in [0.2, 0.25) is 0 Å². The van der Waals surface area contributed by atoms with Gasteiger partial charge in [0.25, 0.3) is 5.79 Å². The van der Waals surface area contributed by atoms with E-state index in [0.29, 0.717) is 43.7 Å². The van der Waals surface area contributed by atoms with Crippen molar-refractivity contribution < 1.29 is 63.2 Å². The fourth-order valence-electron chi connectivity index (χ4n) is 13.4. The van der Waals surface area contributed by atoms with Crippen LogP contribution in [0.1, 0.15) is 110 Å². The number of rotatable bonds is 8. The molecular formula is C44H63NO13. The van der Waals surface area contributed by atoms with Crippen molar-refractivity contribution in [2.45, 2.75) is 152 Å². The average molecular weight is 814 g/mol. The summed E-state index contributed by atoms with van der Waals surface area (Å²) < 4.78 is 37.2. The van der Waals surface area contributed by atoms with E-state index in [4.69, 9.17) is 28.4 Å². The molecule has 3 saturated heterocycles. The van der Waals surface area contributed by atoms with Gasteiger partial charge in [-0.15, -0.1) is 0 Å². The van der Waals surface area contributed by atoms with Crippen LogP contribution >= 0.6 is 0 Å². The molecule has 3 aliphatic heterocycles. The van der Waals surface area contributed by atoms with E-state index in [0.717, 1.165) is 6.42 Å². The Morgan fingerprint density at radius 1 is 0.793 bits per heavy atom. The number of methoxy groups -OCH3 is 2. The molecule has 14 atom stereocenters. The lowest BCUT2D eigenvalue weighted by molar-refractivity contribution is -0.355. The van der Waals surface area contributed by atoms with E-state index >= 15 is 0 Å². The smallest absolute Gasteiger partial charge is 0.340 e. The van der Waals surface area contributed by atoms with Gasteiger partial charge in [0.1, 0.15) is 28.5 Å². The molecule has 7 aliphatic rings. The van der Waals surface area contributed by atoms with Crippen LogP contribution in [0.5, 0.6) is 11.5 Å². The van der Waals surface area contributed by atoms with E-state index in [1.54, 1.807) is 46.8 Å². The van der Waals surface area contributed by atoms with Crippen LogP contribution < -0.4 is 9.47 Å². The number of hydrogen-bond acceptors (Lipinski definition) is 14. The third kappa shape index (κ3) is 5.26. The van der Waals surface area contributed by atoms with Crippen LogP contribution in [-0.2, 0) is 28.5 Å². The number of piperidine rings is 2. The summed E-state index contributed by atoms with van der Waals surface area (Å²) in [7, 11) is 2.95. The summed E-state index contributed by atoms with van der Waals surface area (Å²) in [5.74, 6) is -6.17. The monoisotopic (exact) mass is 813 g/mol. The van der Waals surface area contributed by atoms with Gasteiger partial charge in [-0.2, -0.15) is 0 Å². The highest BCUT2D eigenvalue weighted by Crippen LogP contribution is 2.79. The number of fused-ring (bicyclic) bond motifs is 5. The first kappa shape index (κ1) is 41.7. The molecule has 4 aliphatic carbocycles. The Hall–Kier alpha value is -3.01. The second-order valence-corrected chi connectivity index (χ2v) is 19.9. The highest BCUT2D eigenvalue weighted by Gasteiger charge is 2.90. The van der Waals surface area contributed by atoms with Crippen molar-refractivity contribution in [3.63, 3.8) is 0 Å². The van der Waals surface area contributed by atoms with Crippen molar-refractivity contribution in [1.82, 2.24) is 4.90 Å². The lowest BCUT2D eigenvalue weighted by Gasteiger charge is -2.68. The van der Waals surface area contributed by atoms with Gasteiger partial charge in [-0.3, -0.25) is 14.5 Å². The molecule has 58 heavy (non-hydrogen) atoms. The minimum atomic E-state index is -2.16. The molecule has 8 rings (SSSR count). The Labute approximate surface area is 340 Å². The highest BCUT2D eigenvalue weighted by molar-refractivity contribution is 5.90. The molecule has 3 heterocycles. The molecule has 1 aromatic rings. The molecule has 0 radical (unpaired) electrons. The second-order valence-electron chi connectivity index (χ2n) is 19.9. The maximum absolute atomic E-state index is 14.4. The molecule has 14 nitrogen and oxygen atoms in total. The average Bonchev–Trinajstić information content (AvgIpc) is 3.34. The van der Waals surface area contributed by atoms with E-state index in [2.05, 4.69) is 11.8 Å². The Balaban J connectivity index is 1.27. The first-order valence-corrected chi connectivity index (χ1v) is 21.3. The van der Waals surface area contributed by atoms with E-state index in [9.17, 15) is 34.8 Å². The lowest BCUT2D eigenvalue weighted by atomic mass is 9.48. The van der Waals surface area contributed by atoms with Crippen molar-refractivity contribution in [3.05, 3.63) is 23.8 Å². The van der Waals surface area contributed by atoms with Crippen molar-refractivity contribution in [3.8, 4) is 11.5 Å². The summed E-state index contributed by atoms with van der Waals surface area (Å²) in [5, 5.41) is 53.0. The Morgan fingerprint density at radius 2 is 1.43 bits per heavy atom. The molecule has 322 valence electrons. The van der Waals surface area contributed by atoms with Gasteiger partial charge in [-0.25, -0.2) is 4.79 Å². The van der Waals surface area contributed by atoms with Crippen molar-refractivity contribution >= 4 is 17.9 Å². The number of esters is 3. The van der Waals surface area contributed by atoms with Gasteiger partial charge in [0, 0.05) is 55.1 Å². The van der Waals surface area contributed by atoms with Crippen molar-refractivity contribution in [1.29, 1.82) is 0 Å². The number of nitrogens with zero attached hydrogens (tertiary/aromatic N) is 1. The van der Waals surface area contributed by atoms with Gasteiger partial charge in [-0.05, 0) is 69.6 Å². The maximum atomic E-state index is 14.4. The van der Waals surface area contributed by atoms with Gasteiger partial charge in [-0.1, -0.05) is 41.5 Å². The maximum Gasteiger partial charge on any atom is 0.340 e. The number of benzene rings is 1. The third-order valence-corrected chi connectivity index (χ3v) is 16.3. The molecule has 0 amide bonds. The van der Waals surface area contributed by atoms with Crippen LogP contribution in [-0.4, -0.2) is 123 Å². The molecule has 1 aromatic carbocycles. The SMILES string of the molecule is COc1ccc(C(=O)OC23OC45C[C@@]6(O)[C@@H]7CN8C[C@@H](C)CC[C@H]8[C@@](C)(O)[C@@]7(O)C(OC(=O)C(C)C)C[C@@]6(O)[C@@H]4CCC2[C@]5(C)CCC3OC(=O)C(C)C)cc1OC. The molecule has 1 spiro atoms. The Bertz CT molecular complexity index is 1850. The fourth-order valence-corrected chi connectivity index (χ4v) is 13.4. The summed E-state index contributed by atoms with van der Waals surface area (Å²) in [6.45, 7) is 13.3. The first-order chi connectivity index (χ1) is 27.1. The van der Waals surface area contributed by atoms with Crippen LogP contribution in [0.3, 0.4) is 0 Å². The number of carbonyl (C=O) groups excluding carboxylic acids is 3. The van der Waals surface area contributed by atoms with E-state index < -0.39 is 105 Å². The minimum Gasteiger partial charge on any atom is -0.493 e. The topological polar surface area (TPSA) is 191 Å². The normalized spacial score (nSPS) is 46.4. The van der Waals surface area contributed by atoms with Crippen LogP contribution in [0, 0.1) is 40.9 Å². The number of aliphatic hydroxyl groups is 4. The Kier molecular flexibility index (Phi) is 9.71. The van der Waals surface area contributed by atoms with Gasteiger partial charge in [0.15, 0.2) is 17.6 Å². The summed E-state index contributed by atoms with van der Waals surface area (Å²) >= 11 is 0. The van der Waals surface area contributed by atoms with E-state index in [-0.39, 0.29) is 37.3 Å². The molecule has 0 aromatic heterocycles. The Morgan fingerprint density at radius 3 is 2.07 bits per heavy atom. The predicted molar refractivity (Wildman–Crippen MR) is 206 cm³/mol. The molecule has 4 N–H and O–H groups in total. The molecule has 4 bridgehead atoms. The van der Waals surface area contributed by atoms with Gasteiger partial charge < -0.3 is 48.8 Å². The highest BCUT2D eigenvalue weighted by atomic mass is 16.8. The number of ether oxygens (including phenoxy) is 6. The largest absolute Gasteiger partial charge is 0.493 e. The zero-order valence-electron chi connectivity index (χ0n) is 35.4. The predicted octanol–water partition coefficient (Wildman–Crippen LogP) is 3.77. The van der Waals surface area contributed by atoms with Crippen molar-refractivity contribution in [2.75, 3.05) is 27.3 Å². The first-order valence-electron chi connectivity index (χ1n) is 21.3. The lowest BCUT2D eigenvalue weighted by Crippen LogP contribution is -2.85. The number of carbonyl (C=O) groups is 3. The summed E-state index contributed by atoms with van der Waals surface area (Å²) in [6.07, 6.45) is -0.0445. The zero-order chi connectivity index (χ0) is 42.2. The van der Waals surface area contributed by atoms with Gasteiger partial charge in [0.2, 0.25) is 0 Å². The molecular weight excluding hydrogens is 750 g/mol. The molecule has 4 saturated carbocycles. The van der Waals surface area contributed by atoms with Crippen LogP contribution in [0.25, 0.3) is 0 Å². The molecule has 14 heteroatoms. The molecule has 7 fully saturated rings. The van der Waals surface area contributed by atoms with Crippen LogP contribution in [0.4, 0.5) is 0 Å². The van der Waals surface area contributed by atoms with Gasteiger partial charge >= 0.3 is 17.9 Å². The summed E-state index contributed by atoms with van der Waals surface area (Å²) in [4.78, 5) is 43.4. The van der Waals surface area contributed by atoms with E-state index in [1.165, 1.54) is 20.3 Å². The van der Waals surface area contributed by atoms with Crippen LogP contribution in [0.15, 0.2) is 18.2 Å². The third-order valence-electron chi connectivity index (χ3n) is 16.3. The summed E-state index contributed by atoms with van der Waals surface area (Å²) in [5.41, 5.74) is -10.1. The summed E-state index contributed by atoms with van der Waals surface area (Å²) in [6, 6.07) is 4.18. The molecule has 5 unspecified atom stereocenters. The van der Waals surface area contributed by atoms with Gasteiger partial charge in [0.05, 0.1) is 37.2 Å². The fraction of sp³-hybridized carbons (Fsp3) is 0.795. The minimum absolute atomic E-state index is 0.132. The quantitative estimate of drug-likeness (QED) is 0.219. The zero-order valence-corrected chi connectivity index (χ0v) is 35.4. The second kappa shape index (κ2) is 13.5. The van der Waals surface area contributed by atoms with Crippen molar-refractivity contribution in [2.24, 2.45) is 40.9 Å². The van der Waals surface area contributed by atoms with E-state index in [1.807, 2.05) is 6.92 Å². The number of hydrogen-bond donors (Lipinski definition) is 4.